The van der Waals surface area contributed by atoms with Crippen LogP contribution in [0.1, 0.15) is 46.2 Å². The normalized spacial score (nSPS) is 9.67. The molecule has 1 unspecified atom stereocenters. The predicted molar refractivity (Wildman–Crippen MR) is 66.8 cm³/mol. The Morgan fingerprint density at radius 2 is 1.53 bits per heavy atom. The lowest BCUT2D eigenvalue weighted by Gasteiger charge is -2.08. The van der Waals surface area contributed by atoms with Crippen molar-refractivity contribution in [2.24, 2.45) is 0 Å². The molecule has 1 rings (SSSR count). The van der Waals surface area contributed by atoms with Gasteiger partial charge in [0.05, 0.1) is 6.04 Å². The maximum absolute atomic E-state index is 10.1. The van der Waals surface area contributed by atoms with Gasteiger partial charge in [-0.25, -0.2) is 0 Å². The Kier molecular flexibility index (Phi) is 13.6. The average molecular weight is 209 g/mol. The standard InChI is InChI=1S/C9H11NO.2C2H6/c1-8(10-7-11)9-5-3-2-4-6-9;2*1-2/h2-8H,1H3,(H,10,11);2*1-2H3. The van der Waals surface area contributed by atoms with Crippen LogP contribution in [0.25, 0.3) is 0 Å². The summed E-state index contributed by atoms with van der Waals surface area (Å²) in [6, 6.07) is 9.95. The Balaban J connectivity index is 0. The average Bonchev–Trinajstić information content (AvgIpc) is 2.36. The van der Waals surface area contributed by atoms with E-state index in [0.29, 0.717) is 0 Å². The third kappa shape index (κ3) is 7.74. The van der Waals surface area contributed by atoms with Gasteiger partial charge < -0.3 is 5.32 Å². The predicted octanol–water partition coefficient (Wildman–Crippen LogP) is 3.55. The smallest absolute Gasteiger partial charge is 0.207 e. The van der Waals surface area contributed by atoms with Gasteiger partial charge in [0.2, 0.25) is 6.41 Å². The molecule has 2 nitrogen and oxygen atoms in total. The second-order valence-corrected chi connectivity index (χ2v) is 2.42. The minimum absolute atomic E-state index is 0.105. The van der Waals surface area contributed by atoms with E-state index in [-0.39, 0.29) is 6.04 Å². The fourth-order valence-electron chi connectivity index (χ4n) is 0.940. The lowest BCUT2D eigenvalue weighted by molar-refractivity contribution is -0.110. The number of nitrogens with one attached hydrogen (secondary N) is 1. The van der Waals surface area contributed by atoms with Crippen LogP contribution in [-0.4, -0.2) is 6.41 Å². The van der Waals surface area contributed by atoms with Crippen LogP contribution in [0.3, 0.4) is 0 Å². The van der Waals surface area contributed by atoms with E-state index in [1.54, 1.807) is 0 Å². The van der Waals surface area contributed by atoms with Crippen LogP contribution in [0.2, 0.25) is 0 Å². The lowest BCUT2D eigenvalue weighted by atomic mass is 10.1. The second-order valence-electron chi connectivity index (χ2n) is 2.42. The summed E-state index contributed by atoms with van der Waals surface area (Å²) in [5.74, 6) is 0. The minimum Gasteiger partial charge on any atom is -0.352 e. The van der Waals surface area contributed by atoms with Crippen molar-refractivity contribution in [3.8, 4) is 0 Å². The lowest BCUT2D eigenvalue weighted by Crippen LogP contribution is -2.15. The van der Waals surface area contributed by atoms with E-state index in [9.17, 15) is 4.79 Å². The first-order valence-electron chi connectivity index (χ1n) is 5.59. The monoisotopic (exact) mass is 209 g/mol. The zero-order valence-electron chi connectivity index (χ0n) is 10.4. The minimum atomic E-state index is 0.105. The van der Waals surface area contributed by atoms with Crippen LogP contribution in [0.15, 0.2) is 30.3 Å². The van der Waals surface area contributed by atoms with E-state index < -0.39 is 0 Å². The summed E-state index contributed by atoms with van der Waals surface area (Å²) in [5, 5.41) is 2.68. The van der Waals surface area contributed by atoms with Gasteiger partial charge in [-0.15, -0.1) is 0 Å². The van der Waals surface area contributed by atoms with Crippen molar-refractivity contribution in [1.29, 1.82) is 0 Å². The molecular weight excluding hydrogens is 186 g/mol. The molecular formula is C13H23NO. The highest BCUT2D eigenvalue weighted by Gasteiger charge is 1.99. The van der Waals surface area contributed by atoms with Gasteiger partial charge in [0.25, 0.3) is 0 Å². The Morgan fingerprint density at radius 3 is 1.93 bits per heavy atom. The number of hydrogen-bond acceptors (Lipinski definition) is 1. The first kappa shape index (κ1) is 16.1. The Bertz CT molecular complexity index is 221. The molecule has 0 fully saturated rings. The van der Waals surface area contributed by atoms with E-state index in [1.165, 1.54) is 0 Å². The van der Waals surface area contributed by atoms with E-state index >= 15 is 0 Å². The van der Waals surface area contributed by atoms with Gasteiger partial charge in [0, 0.05) is 0 Å². The molecule has 0 radical (unpaired) electrons. The van der Waals surface area contributed by atoms with Crippen LogP contribution in [-0.2, 0) is 4.79 Å². The molecule has 0 saturated heterocycles. The van der Waals surface area contributed by atoms with E-state index in [0.717, 1.165) is 12.0 Å². The van der Waals surface area contributed by atoms with Crippen molar-refractivity contribution in [3.05, 3.63) is 35.9 Å². The summed E-state index contributed by atoms with van der Waals surface area (Å²) in [4.78, 5) is 10.1. The van der Waals surface area contributed by atoms with E-state index in [4.69, 9.17) is 0 Å². The van der Waals surface area contributed by atoms with Crippen LogP contribution >= 0.6 is 0 Å². The Labute approximate surface area is 93.7 Å². The number of benzene rings is 1. The molecule has 0 aromatic heterocycles. The molecule has 0 bridgehead atoms. The van der Waals surface area contributed by atoms with Crippen LogP contribution < -0.4 is 5.32 Å². The van der Waals surface area contributed by atoms with E-state index in [1.807, 2.05) is 65.0 Å². The molecule has 1 aromatic carbocycles. The highest BCUT2D eigenvalue weighted by molar-refractivity contribution is 5.47. The fourth-order valence-corrected chi connectivity index (χ4v) is 0.940. The van der Waals surface area contributed by atoms with Gasteiger partial charge in [-0.3, -0.25) is 4.79 Å². The van der Waals surface area contributed by atoms with Crippen molar-refractivity contribution < 1.29 is 4.79 Å². The topological polar surface area (TPSA) is 29.1 Å². The van der Waals surface area contributed by atoms with Crippen molar-refractivity contribution >= 4 is 6.41 Å². The number of carbonyl (C=O) groups is 1. The summed E-state index contributed by atoms with van der Waals surface area (Å²) in [5.41, 5.74) is 1.12. The highest BCUT2D eigenvalue weighted by atomic mass is 16.1. The SMILES string of the molecule is CC.CC.CC(NC=O)c1ccccc1. The summed E-state index contributed by atoms with van der Waals surface area (Å²) in [7, 11) is 0. The molecule has 2 heteroatoms. The van der Waals surface area contributed by atoms with E-state index in [2.05, 4.69) is 5.32 Å². The summed E-state index contributed by atoms with van der Waals surface area (Å²) < 4.78 is 0. The zero-order valence-corrected chi connectivity index (χ0v) is 10.4. The van der Waals surface area contributed by atoms with Gasteiger partial charge in [-0.2, -0.15) is 0 Å². The molecule has 0 aliphatic carbocycles. The Hall–Kier alpha value is -1.31. The molecule has 1 aromatic rings. The van der Waals surface area contributed by atoms with Crippen LogP contribution in [0.4, 0.5) is 0 Å². The zero-order chi connectivity index (χ0) is 12.1. The van der Waals surface area contributed by atoms with Crippen molar-refractivity contribution in [3.63, 3.8) is 0 Å². The molecule has 0 heterocycles. The quantitative estimate of drug-likeness (QED) is 0.758. The summed E-state index contributed by atoms with van der Waals surface area (Å²) >= 11 is 0. The molecule has 0 spiro atoms. The van der Waals surface area contributed by atoms with Crippen molar-refractivity contribution in [1.82, 2.24) is 5.32 Å². The van der Waals surface area contributed by atoms with Gasteiger partial charge in [-0.1, -0.05) is 58.0 Å². The fraction of sp³-hybridized carbons (Fsp3) is 0.462. The molecule has 15 heavy (non-hydrogen) atoms. The van der Waals surface area contributed by atoms with Gasteiger partial charge in [0.15, 0.2) is 0 Å². The number of carbonyl (C=O) groups excluding carboxylic acids is 1. The molecule has 0 aliphatic rings. The molecule has 86 valence electrons. The van der Waals surface area contributed by atoms with Gasteiger partial charge in [-0.05, 0) is 12.5 Å². The van der Waals surface area contributed by atoms with Crippen LogP contribution in [0.5, 0.6) is 0 Å². The van der Waals surface area contributed by atoms with Crippen LogP contribution in [0, 0.1) is 0 Å². The van der Waals surface area contributed by atoms with Crippen molar-refractivity contribution in [2.75, 3.05) is 0 Å². The number of hydrogen-bond donors (Lipinski definition) is 1. The van der Waals surface area contributed by atoms with Gasteiger partial charge in [0.1, 0.15) is 0 Å². The van der Waals surface area contributed by atoms with Crippen molar-refractivity contribution in [2.45, 2.75) is 40.7 Å². The largest absolute Gasteiger partial charge is 0.352 e. The second kappa shape index (κ2) is 12.7. The molecule has 1 amide bonds. The van der Waals surface area contributed by atoms with Gasteiger partial charge >= 0.3 is 0 Å². The first-order chi connectivity index (χ1) is 7.34. The maximum atomic E-state index is 10.1. The molecule has 1 N–H and O–H groups in total. The third-order valence-electron chi connectivity index (χ3n) is 1.62. The maximum Gasteiger partial charge on any atom is 0.207 e. The molecule has 0 aliphatic heterocycles. The third-order valence-corrected chi connectivity index (χ3v) is 1.62. The first-order valence-corrected chi connectivity index (χ1v) is 5.59. The summed E-state index contributed by atoms with van der Waals surface area (Å²) in [6.07, 6.45) is 0.720. The Morgan fingerprint density at radius 1 is 1.07 bits per heavy atom. The molecule has 1 atom stereocenters. The summed E-state index contributed by atoms with van der Waals surface area (Å²) in [6.45, 7) is 9.95. The number of rotatable bonds is 3. The molecule has 0 saturated carbocycles. The number of amides is 1. The highest BCUT2D eigenvalue weighted by Crippen LogP contribution is 2.09.